The van der Waals surface area contributed by atoms with Crippen molar-refractivity contribution in [3.63, 3.8) is 0 Å². The summed E-state index contributed by atoms with van der Waals surface area (Å²) in [5.41, 5.74) is 4.93. The summed E-state index contributed by atoms with van der Waals surface area (Å²) in [5.74, 6) is -0.0355. The number of hydrogen-bond donors (Lipinski definition) is 2. The second kappa shape index (κ2) is 11.6. The van der Waals surface area contributed by atoms with Crippen LogP contribution in [0.5, 0.6) is 0 Å². The second-order valence-corrected chi connectivity index (χ2v) is 10.4. The molecule has 3 aromatic rings. The van der Waals surface area contributed by atoms with Crippen LogP contribution in [0.4, 0.5) is 21.9 Å². The van der Waals surface area contributed by atoms with Gasteiger partial charge in [-0.1, -0.05) is 48.0 Å². The van der Waals surface area contributed by atoms with Gasteiger partial charge in [0, 0.05) is 62.8 Å². The summed E-state index contributed by atoms with van der Waals surface area (Å²) in [6.45, 7) is 4.74. The van der Waals surface area contributed by atoms with Gasteiger partial charge in [0.15, 0.2) is 0 Å². The van der Waals surface area contributed by atoms with E-state index in [1.54, 1.807) is 22.9 Å². The Morgan fingerprint density at radius 1 is 0.846 bits per heavy atom. The molecule has 0 radical (unpaired) electrons. The summed E-state index contributed by atoms with van der Waals surface area (Å²) in [5, 5.41) is 5.95. The molecule has 2 N–H and O–H groups in total. The van der Waals surface area contributed by atoms with Crippen LogP contribution < -0.4 is 15.5 Å². The van der Waals surface area contributed by atoms with Gasteiger partial charge in [-0.15, -0.1) is 0 Å². The Labute approximate surface area is 229 Å². The molecule has 202 valence electrons. The van der Waals surface area contributed by atoms with Gasteiger partial charge in [-0.2, -0.15) is 0 Å². The Bertz CT molecular complexity index is 1330. The van der Waals surface area contributed by atoms with Crippen molar-refractivity contribution in [2.45, 2.75) is 26.3 Å². The van der Waals surface area contributed by atoms with Crippen molar-refractivity contribution in [1.29, 1.82) is 0 Å². The van der Waals surface area contributed by atoms with Crippen LogP contribution in [0.15, 0.2) is 72.8 Å². The van der Waals surface area contributed by atoms with E-state index < -0.39 is 0 Å². The molecular weight excluding hydrogens is 490 g/mol. The first kappa shape index (κ1) is 26.3. The number of carbonyl (C=O) groups is 3. The van der Waals surface area contributed by atoms with E-state index in [0.29, 0.717) is 44.0 Å². The quantitative estimate of drug-likeness (QED) is 0.456. The third-order valence-corrected chi connectivity index (χ3v) is 7.26. The summed E-state index contributed by atoms with van der Waals surface area (Å²) in [7, 11) is 1.79. The van der Waals surface area contributed by atoms with Crippen molar-refractivity contribution < 1.29 is 14.4 Å². The van der Waals surface area contributed by atoms with Crippen LogP contribution in [0.3, 0.4) is 0 Å². The van der Waals surface area contributed by atoms with Gasteiger partial charge >= 0.3 is 6.03 Å². The Balaban J connectivity index is 1.30. The van der Waals surface area contributed by atoms with Gasteiger partial charge in [-0.25, -0.2) is 4.79 Å². The first-order valence-corrected chi connectivity index (χ1v) is 13.5. The maximum atomic E-state index is 13.7. The molecule has 1 aliphatic carbocycles. The fraction of sp³-hybridized carbons (Fsp3) is 0.323. The fourth-order valence-corrected chi connectivity index (χ4v) is 4.78. The molecule has 0 unspecified atom stereocenters. The van der Waals surface area contributed by atoms with Crippen molar-refractivity contribution in [2.75, 3.05) is 48.8 Å². The number of nitrogens with one attached hydrogen (secondary N) is 2. The third kappa shape index (κ3) is 6.57. The van der Waals surface area contributed by atoms with Crippen molar-refractivity contribution >= 4 is 34.9 Å². The highest BCUT2D eigenvalue weighted by Gasteiger charge is 2.30. The molecule has 0 aromatic heterocycles. The largest absolute Gasteiger partial charge is 0.367 e. The maximum absolute atomic E-state index is 13.7. The third-order valence-electron chi connectivity index (χ3n) is 7.26. The molecule has 1 aliphatic heterocycles. The van der Waals surface area contributed by atoms with Crippen LogP contribution in [0, 0.1) is 12.8 Å². The van der Waals surface area contributed by atoms with E-state index in [2.05, 4.69) is 15.5 Å². The summed E-state index contributed by atoms with van der Waals surface area (Å²) < 4.78 is 0. The van der Waals surface area contributed by atoms with Crippen LogP contribution in [0.1, 0.15) is 34.3 Å². The van der Waals surface area contributed by atoms with Crippen LogP contribution in [0.2, 0.25) is 0 Å². The van der Waals surface area contributed by atoms with E-state index in [-0.39, 0.29) is 23.8 Å². The lowest BCUT2D eigenvalue weighted by Crippen LogP contribution is -2.50. The Hall–Kier alpha value is -4.33. The predicted molar refractivity (Wildman–Crippen MR) is 154 cm³/mol. The lowest BCUT2D eigenvalue weighted by Gasteiger charge is -2.37. The van der Waals surface area contributed by atoms with Crippen LogP contribution in [0.25, 0.3) is 0 Å². The van der Waals surface area contributed by atoms with Gasteiger partial charge in [-0.05, 0) is 55.7 Å². The standard InChI is InChI=1S/C31H35N5O3/c1-22-8-12-25(13-9-22)33-31(39)36-18-16-35(17-19-36)28-15-14-26(32-29(37)24-10-11-24)20-27(28)30(38)34(2)21-23-6-4-3-5-7-23/h3-9,12-15,20,24H,10-11,16-19,21H2,1-2H3,(H,32,37)(H,33,39). The number of nitrogens with zero attached hydrogens (tertiary/aromatic N) is 3. The number of benzene rings is 3. The lowest BCUT2D eigenvalue weighted by molar-refractivity contribution is -0.117. The number of piperazine rings is 1. The topological polar surface area (TPSA) is 85.0 Å². The van der Waals surface area contributed by atoms with Crippen LogP contribution >= 0.6 is 0 Å². The molecule has 0 atom stereocenters. The number of hydrogen-bond acceptors (Lipinski definition) is 4. The van der Waals surface area contributed by atoms with Gasteiger partial charge in [0.2, 0.25) is 5.91 Å². The summed E-state index contributed by atoms with van der Waals surface area (Å²) in [6.07, 6.45) is 1.83. The average Bonchev–Trinajstić information content (AvgIpc) is 3.80. The number of aryl methyl sites for hydroxylation is 1. The minimum atomic E-state index is -0.129. The normalized spacial score (nSPS) is 15.0. The first-order valence-electron chi connectivity index (χ1n) is 13.5. The first-order chi connectivity index (χ1) is 18.9. The molecule has 39 heavy (non-hydrogen) atoms. The molecule has 2 aliphatic rings. The van der Waals surface area contributed by atoms with Crippen LogP contribution in [-0.4, -0.2) is 60.9 Å². The minimum absolute atomic E-state index is 0.00647. The molecule has 8 heteroatoms. The van der Waals surface area contributed by atoms with Gasteiger partial charge < -0.3 is 25.3 Å². The minimum Gasteiger partial charge on any atom is -0.367 e. The maximum Gasteiger partial charge on any atom is 0.321 e. The number of urea groups is 1. The molecule has 1 heterocycles. The molecule has 5 rings (SSSR count). The second-order valence-electron chi connectivity index (χ2n) is 10.4. The van der Waals surface area contributed by atoms with Crippen molar-refractivity contribution in [2.24, 2.45) is 5.92 Å². The van der Waals surface area contributed by atoms with E-state index in [1.165, 1.54) is 0 Å². The Morgan fingerprint density at radius 2 is 1.51 bits per heavy atom. The van der Waals surface area contributed by atoms with E-state index in [4.69, 9.17) is 0 Å². The molecule has 2 fully saturated rings. The predicted octanol–water partition coefficient (Wildman–Crippen LogP) is 4.97. The highest BCUT2D eigenvalue weighted by atomic mass is 16.2. The zero-order valence-corrected chi connectivity index (χ0v) is 22.5. The molecule has 0 spiro atoms. The summed E-state index contributed by atoms with van der Waals surface area (Å²) >= 11 is 0. The zero-order valence-electron chi connectivity index (χ0n) is 22.5. The summed E-state index contributed by atoms with van der Waals surface area (Å²) in [6, 6.07) is 23.0. The zero-order chi connectivity index (χ0) is 27.4. The molecule has 8 nitrogen and oxygen atoms in total. The van der Waals surface area contributed by atoms with E-state index in [1.807, 2.05) is 73.7 Å². The monoisotopic (exact) mass is 525 g/mol. The van der Waals surface area contributed by atoms with Crippen molar-refractivity contribution in [3.8, 4) is 0 Å². The van der Waals surface area contributed by atoms with Crippen molar-refractivity contribution in [3.05, 3.63) is 89.5 Å². The van der Waals surface area contributed by atoms with E-state index in [9.17, 15) is 14.4 Å². The number of rotatable bonds is 7. The lowest BCUT2D eigenvalue weighted by atomic mass is 10.1. The molecule has 1 saturated heterocycles. The molecule has 1 saturated carbocycles. The van der Waals surface area contributed by atoms with Crippen LogP contribution in [-0.2, 0) is 11.3 Å². The smallest absolute Gasteiger partial charge is 0.321 e. The van der Waals surface area contributed by atoms with E-state index in [0.717, 1.165) is 35.3 Å². The number of anilines is 3. The molecule has 3 aromatic carbocycles. The number of amides is 4. The average molecular weight is 526 g/mol. The van der Waals surface area contributed by atoms with E-state index >= 15 is 0 Å². The summed E-state index contributed by atoms with van der Waals surface area (Å²) in [4.78, 5) is 44.6. The molecule has 4 amide bonds. The fourth-order valence-electron chi connectivity index (χ4n) is 4.78. The number of carbonyl (C=O) groups excluding carboxylic acids is 3. The molecule has 0 bridgehead atoms. The van der Waals surface area contributed by atoms with Gasteiger partial charge in [-0.3, -0.25) is 9.59 Å². The Morgan fingerprint density at radius 3 is 2.18 bits per heavy atom. The highest BCUT2D eigenvalue weighted by molar-refractivity contribution is 6.02. The van der Waals surface area contributed by atoms with Crippen molar-refractivity contribution in [1.82, 2.24) is 9.80 Å². The SMILES string of the molecule is Cc1ccc(NC(=O)N2CCN(c3ccc(NC(=O)C4CC4)cc3C(=O)N(C)Cc3ccccc3)CC2)cc1. The molecular formula is C31H35N5O3. The highest BCUT2D eigenvalue weighted by Crippen LogP contribution is 2.32. The Kier molecular flexibility index (Phi) is 7.81. The van der Waals surface area contributed by atoms with Gasteiger partial charge in [0.05, 0.1) is 5.56 Å². The van der Waals surface area contributed by atoms with Gasteiger partial charge in [0.25, 0.3) is 5.91 Å². The van der Waals surface area contributed by atoms with Gasteiger partial charge in [0.1, 0.15) is 0 Å².